The second-order valence-corrected chi connectivity index (χ2v) is 7.66. The molecule has 176 valence electrons. The number of carbonyl (C=O) groups excluding carboxylic acids is 2. The molecule has 0 aromatic heterocycles. The van der Waals surface area contributed by atoms with Crippen molar-refractivity contribution in [1.29, 1.82) is 0 Å². The van der Waals surface area contributed by atoms with Gasteiger partial charge in [-0.25, -0.2) is 0 Å². The van der Waals surface area contributed by atoms with E-state index in [1.807, 2.05) is 19.1 Å². The van der Waals surface area contributed by atoms with Crippen LogP contribution < -0.4 is 14.2 Å². The van der Waals surface area contributed by atoms with Crippen molar-refractivity contribution in [3.63, 3.8) is 0 Å². The molecule has 1 aliphatic heterocycles. The zero-order chi connectivity index (χ0) is 24.1. The van der Waals surface area contributed by atoms with Gasteiger partial charge in [-0.05, 0) is 31.0 Å². The summed E-state index contributed by atoms with van der Waals surface area (Å²) in [6.07, 6.45) is 0.523. The van der Waals surface area contributed by atoms with Gasteiger partial charge in [-0.1, -0.05) is 29.8 Å². The van der Waals surface area contributed by atoms with Crippen molar-refractivity contribution in [2.75, 3.05) is 41.6 Å². The van der Waals surface area contributed by atoms with Gasteiger partial charge in [-0.3, -0.25) is 9.59 Å². The van der Waals surface area contributed by atoms with E-state index in [4.69, 9.17) is 18.9 Å². The standard InChI is InChI=1S/C25H29NO7/c1-15-7-9-16(10-8-15)22(27)20-21(26(11-6-12-30-2)25(29)23(20)28)17-13-18(31-3)24(33-5)19(14-17)32-4/h7-10,13-14,21,27H,6,11-12H2,1-5H3/b22-20+/t21-/m1/s1. The number of likely N-dealkylation sites (tertiary alicyclic amines) is 1. The van der Waals surface area contributed by atoms with E-state index in [0.717, 1.165) is 5.56 Å². The summed E-state index contributed by atoms with van der Waals surface area (Å²) >= 11 is 0. The number of amides is 1. The van der Waals surface area contributed by atoms with Crippen LogP contribution in [0.5, 0.6) is 17.2 Å². The van der Waals surface area contributed by atoms with Gasteiger partial charge in [-0.2, -0.15) is 0 Å². The predicted molar refractivity (Wildman–Crippen MR) is 123 cm³/mol. The first kappa shape index (κ1) is 24.1. The Labute approximate surface area is 193 Å². The molecule has 0 saturated carbocycles. The molecule has 8 nitrogen and oxygen atoms in total. The largest absolute Gasteiger partial charge is 0.507 e. The first-order chi connectivity index (χ1) is 15.9. The van der Waals surface area contributed by atoms with E-state index < -0.39 is 17.7 Å². The van der Waals surface area contributed by atoms with Gasteiger partial charge in [0.15, 0.2) is 11.5 Å². The number of nitrogens with zero attached hydrogens (tertiary/aromatic N) is 1. The van der Waals surface area contributed by atoms with Crippen molar-refractivity contribution in [2.24, 2.45) is 0 Å². The Balaban J connectivity index is 2.22. The van der Waals surface area contributed by atoms with E-state index in [0.29, 0.717) is 41.4 Å². The lowest BCUT2D eigenvalue weighted by Gasteiger charge is -2.26. The van der Waals surface area contributed by atoms with Crippen LogP contribution in [0.3, 0.4) is 0 Å². The number of benzene rings is 2. The molecule has 0 unspecified atom stereocenters. The minimum Gasteiger partial charge on any atom is -0.507 e. The fourth-order valence-electron chi connectivity index (χ4n) is 3.96. The molecule has 33 heavy (non-hydrogen) atoms. The summed E-state index contributed by atoms with van der Waals surface area (Å²) in [6.45, 7) is 2.61. The highest BCUT2D eigenvalue weighted by atomic mass is 16.5. The summed E-state index contributed by atoms with van der Waals surface area (Å²) in [7, 11) is 6.04. The van der Waals surface area contributed by atoms with Gasteiger partial charge in [-0.15, -0.1) is 0 Å². The number of aliphatic hydroxyl groups excluding tert-OH is 1. The first-order valence-electron chi connectivity index (χ1n) is 10.5. The number of hydrogen-bond acceptors (Lipinski definition) is 7. The van der Waals surface area contributed by atoms with Gasteiger partial charge in [0.1, 0.15) is 5.76 Å². The molecular formula is C25H29NO7. The number of rotatable bonds is 9. The molecule has 1 fully saturated rings. The Morgan fingerprint density at radius 2 is 1.58 bits per heavy atom. The zero-order valence-corrected chi connectivity index (χ0v) is 19.5. The number of aryl methyl sites for hydroxylation is 1. The van der Waals surface area contributed by atoms with Gasteiger partial charge in [0.25, 0.3) is 11.7 Å². The third-order valence-electron chi connectivity index (χ3n) is 5.62. The Morgan fingerprint density at radius 3 is 2.09 bits per heavy atom. The number of aliphatic hydroxyl groups is 1. The van der Waals surface area contributed by atoms with Crippen LogP contribution in [0, 0.1) is 6.92 Å². The van der Waals surface area contributed by atoms with Gasteiger partial charge < -0.3 is 29.0 Å². The number of ether oxygens (including phenoxy) is 4. The van der Waals surface area contributed by atoms with Crippen molar-refractivity contribution in [3.05, 3.63) is 58.7 Å². The fraction of sp³-hybridized carbons (Fsp3) is 0.360. The van der Waals surface area contributed by atoms with Crippen LogP contribution in [0.15, 0.2) is 42.0 Å². The molecule has 1 N–H and O–H groups in total. The summed E-state index contributed by atoms with van der Waals surface area (Å²) in [5.41, 5.74) is 2.02. The molecule has 0 spiro atoms. The Bertz CT molecular complexity index is 1030. The van der Waals surface area contributed by atoms with Gasteiger partial charge in [0.2, 0.25) is 5.75 Å². The topological polar surface area (TPSA) is 94.5 Å². The van der Waals surface area contributed by atoms with E-state index in [-0.39, 0.29) is 17.9 Å². The van der Waals surface area contributed by atoms with Crippen molar-refractivity contribution in [2.45, 2.75) is 19.4 Å². The number of Topliss-reactive ketones (excluding diaryl/α,β-unsaturated/α-hetero) is 1. The summed E-state index contributed by atoms with van der Waals surface area (Å²) in [5, 5.41) is 11.1. The minimum atomic E-state index is -0.836. The van der Waals surface area contributed by atoms with Gasteiger partial charge in [0.05, 0.1) is 32.9 Å². The number of carbonyl (C=O) groups is 2. The normalized spacial score (nSPS) is 17.4. The van der Waals surface area contributed by atoms with Crippen LogP contribution >= 0.6 is 0 Å². The van der Waals surface area contributed by atoms with Crippen LogP contribution in [0.1, 0.15) is 29.2 Å². The molecule has 8 heteroatoms. The number of ketones is 1. The van der Waals surface area contributed by atoms with E-state index in [1.54, 1.807) is 31.4 Å². The molecule has 1 heterocycles. The van der Waals surface area contributed by atoms with E-state index >= 15 is 0 Å². The molecule has 0 radical (unpaired) electrons. The number of methoxy groups -OCH3 is 4. The summed E-state index contributed by atoms with van der Waals surface area (Å²) in [5.74, 6) is -0.517. The monoisotopic (exact) mass is 455 g/mol. The van der Waals surface area contributed by atoms with Crippen molar-refractivity contribution in [3.8, 4) is 17.2 Å². The lowest BCUT2D eigenvalue weighted by Crippen LogP contribution is -2.31. The van der Waals surface area contributed by atoms with Crippen LogP contribution in [0.4, 0.5) is 0 Å². The average molecular weight is 456 g/mol. The molecule has 1 atom stereocenters. The van der Waals surface area contributed by atoms with Crippen molar-refractivity contribution >= 4 is 17.4 Å². The molecule has 0 bridgehead atoms. The maximum atomic E-state index is 13.1. The molecular weight excluding hydrogens is 426 g/mol. The highest BCUT2D eigenvalue weighted by molar-refractivity contribution is 6.46. The Kier molecular flexibility index (Phi) is 7.60. The molecule has 1 aliphatic rings. The van der Waals surface area contributed by atoms with E-state index in [9.17, 15) is 14.7 Å². The SMILES string of the molecule is COCCCN1C(=O)C(=O)/C(=C(/O)c2ccc(C)cc2)[C@H]1c1cc(OC)c(OC)c(OC)c1. The molecule has 2 aromatic rings. The summed E-state index contributed by atoms with van der Waals surface area (Å²) in [6, 6.07) is 9.63. The van der Waals surface area contributed by atoms with E-state index in [1.165, 1.54) is 26.2 Å². The maximum absolute atomic E-state index is 13.1. The third-order valence-corrected chi connectivity index (χ3v) is 5.62. The number of hydrogen-bond donors (Lipinski definition) is 1. The summed E-state index contributed by atoms with van der Waals surface area (Å²) in [4.78, 5) is 27.6. The second kappa shape index (κ2) is 10.4. The zero-order valence-electron chi connectivity index (χ0n) is 19.5. The molecule has 3 rings (SSSR count). The summed E-state index contributed by atoms with van der Waals surface area (Å²) < 4.78 is 21.5. The van der Waals surface area contributed by atoms with E-state index in [2.05, 4.69) is 0 Å². The lowest BCUT2D eigenvalue weighted by atomic mass is 9.94. The van der Waals surface area contributed by atoms with Crippen LogP contribution in [-0.2, 0) is 14.3 Å². The van der Waals surface area contributed by atoms with Gasteiger partial charge >= 0.3 is 0 Å². The highest BCUT2D eigenvalue weighted by Crippen LogP contribution is 2.45. The average Bonchev–Trinajstić information content (AvgIpc) is 3.08. The predicted octanol–water partition coefficient (Wildman–Crippen LogP) is 3.48. The minimum absolute atomic E-state index is 0.00976. The molecule has 0 aliphatic carbocycles. The molecule has 1 saturated heterocycles. The smallest absolute Gasteiger partial charge is 0.295 e. The Morgan fingerprint density at radius 1 is 0.970 bits per heavy atom. The van der Waals surface area contributed by atoms with Crippen molar-refractivity contribution < 1.29 is 33.6 Å². The highest BCUT2D eigenvalue weighted by Gasteiger charge is 2.46. The third kappa shape index (κ3) is 4.66. The van der Waals surface area contributed by atoms with Crippen LogP contribution in [0.25, 0.3) is 5.76 Å². The second-order valence-electron chi connectivity index (χ2n) is 7.66. The first-order valence-corrected chi connectivity index (χ1v) is 10.5. The molecule has 1 amide bonds. The molecule has 2 aromatic carbocycles. The van der Waals surface area contributed by atoms with Gasteiger partial charge in [0, 0.05) is 25.8 Å². The quantitative estimate of drug-likeness (QED) is 0.268. The Hall–Kier alpha value is -3.52. The van der Waals surface area contributed by atoms with Crippen molar-refractivity contribution in [1.82, 2.24) is 4.90 Å². The van der Waals surface area contributed by atoms with Crippen LogP contribution in [-0.4, -0.2) is 63.3 Å². The maximum Gasteiger partial charge on any atom is 0.295 e. The fourth-order valence-corrected chi connectivity index (χ4v) is 3.96. The van der Waals surface area contributed by atoms with Crippen LogP contribution in [0.2, 0.25) is 0 Å². The lowest BCUT2D eigenvalue weighted by molar-refractivity contribution is -0.140.